The van der Waals surface area contributed by atoms with E-state index < -0.39 is 0 Å². The molecule has 0 aromatic heterocycles. The van der Waals surface area contributed by atoms with Gasteiger partial charge < -0.3 is 24.8 Å². The average Bonchev–Trinajstić information content (AvgIpc) is 2.82. The molecule has 0 aliphatic carbocycles. The summed E-state index contributed by atoms with van der Waals surface area (Å²) in [5.41, 5.74) is 2.25. The first-order chi connectivity index (χ1) is 15.3. The van der Waals surface area contributed by atoms with Gasteiger partial charge in [0.2, 0.25) is 0 Å². The van der Waals surface area contributed by atoms with Crippen LogP contribution in [0, 0.1) is 0 Å². The summed E-state index contributed by atoms with van der Waals surface area (Å²) in [6, 6.07) is 16.2. The van der Waals surface area contributed by atoms with Gasteiger partial charge in [-0.25, -0.2) is 4.99 Å². The molecule has 2 aromatic carbocycles. The Morgan fingerprint density at radius 3 is 2.50 bits per heavy atom. The third-order valence-electron chi connectivity index (χ3n) is 5.04. The van der Waals surface area contributed by atoms with E-state index in [0.29, 0.717) is 19.7 Å². The molecule has 0 saturated carbocycles. The van der Waals surface area contributed by atoms with Crippen molar-refractivity contribution in [3.8, 4) is 11.5 Å². The maximum absolute atomic E-state index is 5.96. The maximum Gasteiger partial charge on any atom is 0.191 e. The summed E-state index contributed by atoms with van der Waals surface area (Å²) in [7, 11) is 1.68. The van der Waals surface area contributed by atoms with E-state index in [-0.39, 0.29) is 24.0 Å². The number of rotatable bonds is 10. The van der Waals surface area contributed by atoms with Gasteiger partial charge in [0.05, 0.1) is 26.9 Å². The van der Waals surface area contributed by atoms with Crippen molar-refractivity contribution in [2.24, 2.45) is 4.99 Å². The van der Waals surface area contributed by atoms with E-state index in [1.165, 1.54) is 0 Å². The van der Waals surface area contributed by atoms with Crippen LogP contribution in [0.5, 0.6) is 11.5 Å². The van der Waals surface area contributed by atoms with Crippen molar-refractivity contribution in [2.45, 2.75) is 20.0 Å². The second-order valence-electron chi connectivity index (χ2n) is 7.35. The third kappa shape index (κ3) is 9.22. The van der Waals surface area contributed by atoms with Gasteiger partial charge in [0.15, 0.2) is 5.96 Å². The average molecular weight is 554 g/mol. The number of aliphatic imine (C=N–C) groups is 1. The zero-order chi connectivity index (χ0) is 21.7. The van der Waals surface area contributed by atoms with Gasteiger partial charge in [-0.3, -0.25) is 4.90 Å². The van der Waals surface area contributed by atoms with E-state index in [4.69, 9.17) is 19.2 Å². The summed E-state index contributed by atoms with van der Waals surface area (Å²) < 4.78 is 16.6. The fourth-order valence-corrected chi connectivity index (χ4v) is 3.33. The molecule has 0 radical (unpaired) electrons. The molecule has 1 fully saturated rings. The largest absolute Gasteiger partial charge is 0.497 e. The number of halogens is 1. The molecule has 0 unspecified atom stereocenters. The Morgan fingerprint density at radius 2 is 1.75 bits per heavy atom. The molecule has 2 aromatic rings. The lowest BCUT2D eigenvalue weighted by Crippen LogP contribution is -2.38. The minimum atomic E-state index is 0. The number of methoxy groups -OCH3 is 1. The molecule has 0 atom stereocenters. The SMILES string of the molecule is CCNC(=NCc1cccc(OCCN2CCOCC2)c1)NCc1cccc(OC)c1.I. The van der Waals surface area contributed by atoms with Crippen molar-refractivity contribution in [3.05, 3.63) is 59.7 Å². The smallest absolute Gasteiger partial charge is 0.191 e. The minimum absolute atomic E-state index is 0. The molecule has 0 bridgehead atoms. The molecule has 1 heterocycles. The summed E-state index contributed by atoms with van der Waals surface area (Å²) in [5.74, 6) is 2.52. The van der Waals surface area contributed by atoms with E-state index in [1.807, 2.05) is 30.3 Å². The molecule has 8 heteroatoms. The van der Waals surface area contributed by atoms with Crippen molar-refractivity contribution in [1.82, 2.24) is 15.5 Å². The number of nitrogens with zero attached hydrogens (tertiary/aromatic N) is 2. The summed E-state index contributed by atoms with van der Waals surface area (Å²) in [5, 5.41) is 6.68. The second-order valence-corrected chi connectivity index (χ2v) is 7.35. The first-order valence-corrected chi connectivity index (χ1v) is 10.9. The Bertz CT molecular complexity index is 828. The van der Waals surface area contributed by atoms with Gasteiger partial charge >= 0.3 is 0 Å². The van der Waals surface area contributed by atoms with E-state index in [2.05, 4.69) is 40.7 Å². The zero-order valence-corrected chi connectivity index (χ0v) is 21.3. The Hall–Kier alpha value is -2.04. The summed E-state index contributed by atoms with van der Waals surface area (Å²) >= 11 is 0. The Kier molecular flexibility index (Phi) is 12.2. The Morgan fingerprint density at radius 1 is 1.03 bits per heavy atom. The fraction of sp³-hybridized carbons (Fsp3) is 0.458. The molecule has 3 rings (SSSR count). The maximum atomic E-state index is 5.96. The number of ether oxygens (including phenoxy) is 3. The Labute approximate surface area is 208 Å². The van der Waals surface area contributed by atoms with Crippen LogP contribution in [-0.4, -0.2) is 64.0 Å². The van der Waals surface area contributed by atoms with E-state index in [1.54, 1.807) is 7.11 Å². The quantitative estimate of drug-likeness (QED) is 0.267. The lowest BCUT2D eigenvalue weighted by atomic mass is 10.2. The van der Waals surface area contributed by atoms with Crippen molar-refractivity contribution in [3.63, 3.8) is 0 Å². The number of morpholine rings is 1. The number of guanidine groups is 1. The normalized spacial score (nSPS) is 14.4. The highest BCUT2D eigenvalue weighted by atomic mass is 127. The van der Waals surface area contributed by atoms with Gasteiger partial charge in [-0.1, -0.05) is 24.3 Å². The summed E-state index contributed by atoms with van der Waals surface area (Å²) in [6.07, 6.45) is 0. The summed E-state index contributed by atoms with van der Waals surface area (Å²) in [4.78, 5) is 7.09. The standard InChI is InChI=1S/C24H34N4O3.HI/c1-3-25-24(26-18-20-6-4-8-22(16-20)29-2)27-19-21-7-5-9-23(17-21)31-15-12-28-10-13-30-14-11-28;/h4-9,16-17H,3,10-15,18-19H2,1-2H3,(H2,25,26,27);1H. The van der Waals surface area contributed by atoms with Crippen LogP contribution in [0.3, 0.4) is 0 Å². The van der Waals surface area contributed by atoms with Gasteiger partial charge in [-0.2, -0.15) is 0 Å². The highest BCUT2D eigenvalue weighted by Crippen LogP contribution is 2.15. The predicted molar refractivity (Wildman–Crippen MR) is 139 cm³/mol. The van der Waals surface area contributed by atoms with Crippen LogP contribution >= 0.6 is 24.0 Å². The van der Waals surface area contributed by atoms with Gasteiger partial charge in [0.1, 0.15) is 18.1 Å². The van der Waals surface area contributed by atoms with Gasteiger partial charge in [-0.15, -0.1) is 24.0 Å². The Balaban J connectivity index is 0.00000363. The monoisotopic (exact) mass is 554 g/mol. The van der Waals surface area contributed by atoms with Crippen LogP contribution in [-0.2, 0) is 17.8 Å². The number of benzene rings is 2. The van der Waals surface area contributed by atoms with E-state index in [9.17, 15) is 0 Å². The molecule has 1 aliphatic rings. The molecule has 0 amide bonds. The highest BCUT2D eigenvalue weighted by molar-refractivity contribution is 14.0. The highest BCUT2D eigenvalue weighted by Gasteiger charge is 2.09. The van der Waals surface area contributed by atoms with Crippen LogP contribution in [0.2, 0.25) is 0 Å². The number of hydrogen-bond acceptors (Lipinski definition) is 5. The predicted octanol–water partition coefficient (Wildman–Crippen LogP) is 3.28. The number of hydrogen-bond donors (Lipinski definition) is 2. The van der Waals surface area contributed by atoms with Crippen molar-refractivity contribution in [2.75, 3.05) is 53.1 Å². The molecule has 1 saturated heterocycles. The lowest BCUT2D eigenvalue weighted by molar-refractivity contribution is 0.0322. The second kappa shape index (κ2) is 14.9. The van der Waals surface area contributed by atoms with E-state index in [0.717, 1.165) is 68.0 Å². The van der Waals surface area contributed by atoms with Crippen molar-refractivity contribution < 1.29 is 14.2 Å². The van der Waals surface area contributed by atoms with Crippen molar-refractivity contribution in [1.29, 1.82) is 0 Å². The van der Waals surface area contributed by atoms with Gasteiger partial charge in [0.25, 0.3) is 0 Å². The molecule has 2 N–H and O–H groups in total. The van der Waals surface area contributed by atoms with E-state index >= 15 is 0 Å². The molecule has 176 valence electrons. The number of nitrogens with one attached hydrogen (secondary N) is 2. The van der Waals surface area contributed by atoms with Gasteiger partial charge in [0, 0.05) is 32.7 Å². The molecule has 7 nitrogen and oxygen atoms in total. The lowest BCUT2D eigenvalue weighted by Gasteiger charge is -2.26. The topological polar surface area (TPSA) is 67.4 Å². The van der Waals surface area contributed by atoms with Crippen LogP contribution in [0.1, 0.15) is 18.1 Å². The third-order valence-corrected chi connectivity index (χ3v) is 5.04. The molecular weight excluding hydrogens is 519 g/mol. The summed E-state index contributed by atoms with van der Waals surface area (Å²) in [6.45, 7) is 9.30. The minimum Gasteiger partial charge on any atom is -0.497 e. The first-order valence-electron chi connectivity index (χ1n) is 10.9. The molecule has 1 aliphatic heterocycles. The molecule has 32 heavy (non-hydrogen) atoms. The first kappa shape index (κ1) is 26.2. The van der Waals surface area contributed by atoms with Crippen LogP contribution in [0.15, 0.2) is 53.5 Å². The van der Waals surface area contributed by atoms with Crippen LogP contribution < -0.4 is 20.1 Å². The zero-order valence-electron chi connectivity index (χ0n) is 19.0. The molecular formula is C24H35IN4O3. The van der Waals surface area contributed by atoms with Gasteiger partial charge in [-0.05, 0) is 42.3 Å². The van der Waals surface area contributed by atoms with Crippen LogP contribution in [0.4, 0.5) is 0 Å². The van der Waals surface area contributed by atoms with Crippen molar-refractivity contribution >= 4 is 29.9 Å². The van der Waals surface area contributed by atoms with Crippen LogP contribution in [0.25, 0.3) is 0 Å². The fourth-order valence-electron chi connectivity index (χ4n) is 3.33. The molecule has 0 spiro atoms.